The van der Waals surface area contributed by atoms with Crippen molar-refractivity contribution in [3.05, 3.63) is 73.8 Å². The number of ether oxygens (including phenoxy) is 2. The molecule has 0 fully saturated rings. The van der Waals surface area contributed by atoms with Crippen LogP contribution in [0.5, 0.6) is 5.75 Å². The molecule has 158 valence electrons. The number of fused-ring (bicyclic) bond motifs is 2. The summed E-state index contributed by atoms with van der Waals surface area (Å²) in [5, 5.41) is 1.23. The number of carbonyl (C=O) groups is 1. The van der Waals surface area contributed by atoms with Crippen LogP contribution in [0, 0.1) is 0 Å². The first kappa shape index (κ1) is 20.9. The summed E-state index contributed by atoms with van der Waals surface area (Å²) in [6.45, 7) is 3.51. The second kappa shape index (κ2) is 8.39. The number of esters is 1. The molecule has 2 aromatic carbocycles. The summed E-state index contributed by atoms with van der Waals surface area (Å²) in [5.74, 6) is -0.180. The standard InChI is InChI=1S/C23H17BrO7/c1-3-28-22(26)12(2)29-15-5-6-16-17(11-21(25)30-20(16)10-15)18-9-13-8-14(24)4-7-19(13)31-23(18)27/h4-12H,3H2,1-2H3. The topological polar surface area (TPSA) is 96.0 Å². The van der Waals surface area contributed by atoms with Gasteiger partial charge in [-0.1, -0.05) is 15.9 Å². The molecule has 31 heavy (non-hydrogen) atoms. The van der Waals surface area contributed by atoms with Gasteiger partial charge in [0.05, 0.1) is 12.2 Å². The SMILES string of the molecule is CCOC(=O)C(C)Oc1ccc2c(-c3cc4cc(Br)ccc4oc3=O)cc(=O)oc2c1. The highest BCUT2D eigenvalue weighted by Crippen LogP contribution is 2.30. The van der Waals surface area contributed by atoms with Crippen LogP contribution >= 0.6 is 15.9 Å². The summed E-state index contributed by atoms with van der Waals surface area (Å²) < 4.78 is 22.1. The number of hydrogen-bond acceptors (Lipinski definition) is 7. The van der Waals surface area contributed by atoms with Crippen molar-refractivity contribution in [3.63, 3.8) is 0 Å². The smallest absolute Gasteiger partial charge is 0.347 e. The van der Waals surface area contributed by atoms with E-state index in [-0.39, 0.29) is 17.8 Å². The van der Waals surface area contributed by atoms with Crippen LogP contribution in [0.3, 0.4) is 0 Å². The molecule has 2 aromatic heterocycles. The van der Waals surface area contributed by atoms with Gasteiger partial charge in [0.25, 0.3) is 0 Å². The van der Waals surface area contributed by atoms with E-state index in [1.54, 1.807) is 44.2 Å². The zero-order chi connectivity index (χ0) is 22.1. The first-order valence-corrected chi connectivity index (χ1v) is 10.3. The van der Waals surface area contributed by atoms with E-state index in [4.69, 9.17) is 18.3 Å². The molecule has 0 aliphatic heterocycles. The lowest BCUT2D eigenvalue weighted by atomic mass is 10.0. The van der Waals surface area contributed by atoms with Crippen molar-refractivity contribution in [2.24, 2.45) is 0 Å². The van der Waals surface area contributed by atoms with Crippen LogP contribution < -0.4 is 16.0 Å². The van der Waals surface area contributed by atoms with Gasteiger partial charge in [-0.2, -0.15) is 0 Å². The Bertz CT molecular complexity index is 1420. The van der Waals surface area contributed by atoms with E-state index in [2.05, 4.69) is 15.9 Å². The summed E-state index contributed by atoms with van der Waals surface area (Å²) in [4.78, 5) is 36.7. The molecule has 0 amide bonds. The first-order chi connectivity index (χ1) is 14.9. The fourth-order valence-corrected chi connectivity index (χ4v) is 3.61. The molecule has 4 rings (SSSR count). The molecule has 0 spiro atoms. The lowest BCUT2D eigenvalue weighted by Crippen LogP contribution is -2.26. The normalized spacial score (nSPS) is 12.1. The number of rotatable bonds is 5. The molecular weight excluding hydrogens is 468 g/mol. The maximum absolute atomic E-state index is 12.6. The Hall–Kier alpha value is -3.39. The quantitative estimate of drug-likeness (QED) is 0.300. The van der Waals surface area contributed by atoms with Gasteiger partial charge in [-0.05, 0) is 50.2 Å². The van der Waals surface area contributed by atoms with Crippen LogP contribution in [0.2, 0.25) is 0 Å². The van der Waals surface area contributed by atoms with Crippen LogP contribution in [-0.2, 0) is 9.53 Å². The van der Waals surface area contributed by atoms with E-state index < -0.39 is 23.3 Å². The summed E-state index contributed by atoms with van der Waals surface area (Å²) in [7, 11) is 0. The Kier molecular flexibility index (Phi) is 5.65. The minimum Gasteiger partial charge on any atom is -0.479 e. The van der Waals surface area contributed by atoms with Crippen LogP contribution in [-0.4, -0.2) is 18.7 Å². The van der Waals surface area contributed by atoms with Gasteiger partial charge in [0.15, 0.2) is 6.10 Å². The molecule has 1 atom stereocenters. The number of hydrogen-bond donors (Lipinski definition) is 0. The average Bonchev–Trinajstić information content (AvgIpc) is 2.73. The van der Waals surface area contributed by atoms with E-state index in [9.17, 15) is 14.4 Å². The first-order valence-electron chi connectivity index (χ1n) is 9.50. The largest absolute Gasteiger partial charge is 0.479 e. The second-order valence-electron chi connectivity index (χ2n) is 6.78. The van der Waals surface area contributed by atoms with Crippen molar-refractivity contribution in [2.75, 3.05) is 6.61 Å². The van der Waals surface area contributed by atoms with Gasteiger partial charge in [-0.25, -0.2) is 14.4 Å². The third-order valence-electron chi connectivity index (χ3n) is 4.63. The monoisotopic (exact) mass is 484 g/mol. The predicted octanol–water partition coefficient (Wildman–Crippen LogP) is 4.66. The van der Waals surface area contributed by atoms with Gasteiger partial charge in [-0.15, -0.1) is 0 Å². The summed E-state index contributed by atoms with van der Waals surface area (Å²) in [6, 6.07) is 13.0. The minimum atomic E-state index is -0.835. The Balaban J connectivity index is 1.82. The summed E-state index contributed by atoms with van der Waals surface area (Å²) in [5.41, 5.74) is 0.0615. The second-order valence-corrected chi connectivity index (χ2v) is 7.69. The minimum absolute atomic E-state index is 0.213. The highest BCUT2D eigenvalue weighted by molar-refractivity contribution is 9.10. The van der Waals surface area contributed by atoms with Crippen molar-refractivity contribution in [1.82, 2.24) is 0 Å². The summed E-state index contributed by atoms with van der Waals surface area (Å²) in [6.07, 6.45) is -0.835. The van der Waals surface area contributed by atoms with E-state index >= 15 is 0 Å². The fraction of sp³-hybridized carbons (Fsp3) is 0.174. The highest BCUT2D eigenvalue weighted by Gasteiger charge is 2.18. The van der Waals surface area contributed by atoms with Crippen LogP contribution in [0.25, 0.3) is 33.1 Å². The van der Waals surface area contributed by atoms with E-state index in [1.807, 2.05) is 6.07 Å². The van der Waals surface area contributed by atoms with Gasteiger partial charge in [0, 0.05) is 32.9 Å². The third-order valence-corrected chi connectivity index (χ3v) is 5.13. The van der Waals surface area contributed by atoms with Gasteiger partial charge in [-0.3, -0.25) is 0 Å². The molecule has 7 nitrogen and oxygen atoms in total. The molecule has 8 heteroatoms. The summed E-state index contributed by atoms with van der Waals surface area (Å²) >= 11 is 3.40. The number of benzene rings is 2. The van der Waals surface area contributed by atoms with Crippen molar-refractivity contribution in [1.29, 1.82) is 0 Å². The number of halogens is 1. The molecule has 0 saturated heterocycles. The maximum Gasteiger partial charge on any atom is 0.347 e. The Morgan fingerprint density at radius 1 is 1.00 bits per heavy atom. The maximum atomic E-state index is 12.6. The Labute approximate surface area is 184 Å². The van der Waals surface area contributed by atoms with Crippen molar-refractivity contribution in [2.45, 2.75) is 20.0 Å². The highest BCUT2D eigenvalue weighted by atomic mass is 79.9. The molecule has 0 radical (unpaired) electrons. The van der Waals surface area contributed by atoms with E-state index in [0.29, 0.717) is 27.7 Å². The molecule has 4 aromatic rings. The van der Waals surface area contributed by atoms with Crippen molar-refractivity contribution >= 4 is 43.8 Å². The predicted molar refractivity (Wildman–Crippen MR) is 118 cm³/mol. The van der Waals surface area contributed by atoms with Gasteiger partial charge in [0.1, 0.15) is 16.9 Å². The third kappa shape index (κ3) is 4.25. The number of carbonyl (C=O) groups excluding carboxylic acids is 1. The van der Waals surface area contributed by atoms with Crippen molar-refractivity contribution in [3.8, 4) is 16.9 Å². The molecular formula is C23H17BrO7. The van der Waals surface area contributed by atoms with E-state index in [0.717, 1.165) is 4.47 Å². The molecule has 2 heterocycles. The lowest BCUT2D eigenvalue weighted by Gasteiger charge is -2.14. The average molecular weight is 485 g/mol. The van der Waals surface area contributed by atoms with Gasteiger partial charge < -0.3 is 18.3 Å². The zero-order valence-electron chi connectivity index (χ0n) is 16.6. The lowest BCUT2D eigenvalue weighted by molar-refractivity contribution is -0.150. The van der Waals surface area contributed by atoms with Gasteiger partial charge >= 0.3 is 17.2 Å². The Morgan fingerprint density at radius 3 is 2.58 bits per heavy atom. The molecule has 0 N–H and O–H groups in total. The molecule has 0 aliphatic carbocycles. The van der Waals surface area contributed by atoms with Crippen molar-refractivity contribution < 1.29 is 23.1 Å². The fourth-order valence-electron chi connectivity index (χ4n) is 3.23. The molecule has 0 aliphatic rings. The zero-order valence-corrected chi connectivity index (χ0v) is 18.2. The van der Waals surface area contributed by atoms with Crippen LogP contribution in [0.1, 0.15) is 13.8 Å². The molecule has 1 unspecified atom stereocenters. The van der Waals surface area contributed by atoms with E-state index in [1.165, 1.54) is 12.1 Å². The molecule has 0 bridgehead atoms. The van der Waals surface area contributed by atoms with Crippen LogP contribution in [0.15, 0.2) is 71.4 Å². The molecule has 0 saturated carbocycles. The van der Waals surface area contributed by atoms with Gasteiger partial charge in [0.2, 0.25) is 0 Å². The van der Waals surface area contributed by atoms with Crippen LogP contribution in [0.4, 0.5) is 0 Å². The Morgan fingerprint density at radius 2 is 1.81 bits per heavy atom.